The van der Waals surface area contributed by atoms with Gasteiger partial charge in [0, 0.05) is 29.9 Å². The van der Waals surface area contributed by atoms with E-state index in [0.717, 1.165) is 35.7 Å². The summed E-state index contributed by atoms with van der Waals surface area (Å²) in [5, 5.41) is 0.953. The number of rotatable bonds is 11. The Balaban J connectivity index is 1.69. The van der Waals surface area contributed by atoms with Crippen molar-refractivity contribution in [2.24, 2.45) is 5.73 Å². The highest BCUT2D eigenvalue weighted by molar-refractivity contribution is 6.12. The smallest absolute Gasteiger partial charge is 0.219 e. The van der Waals surface area contributed by atoms with Gasteiger partial charge in [0.1, 0.15) is 5.82 Å². The van der Waals surface area contributed by atoms with E-state index in [1.54, 1.807) is 12.3 Å². The standard InChI is InChI=1S/C32H36F2N4O2/c1-6-9-13-38(28-18-36-29(15-20(28)5)40-31-24(33)11-10-12-25(31)34)32(35)23(8-3)30(39)27-17-22-14-19(4)21(7-2)16-26(22)37-27/h8,10-11,14-18,25,37H,3,6-7,9,12-13,35H2,1-2,4-5H3/b32-23+. The molecule has 2 heterocycles. The summed E-state index contributed by atoms with van der Waals surface area (Å²) in [5.41, 5.74) is 12.0. The molecule has 0 saturated heterocycles. The van der Waals surface area contributed by atoms with E-state index >= 15 is 0 Å². The molecule has 3 aromatic rings. The maximum Gasteiger partial charge on any atom is 0.219 e. The number of ether oxygens (including phenoxy) is 1. The number of aromatic amines is 1. The summed E-state index contributed by atoms with van der Waals surface area (Å²) in [6, 6.07) is 7.59. The Hall–Kier alpha value is -4.20. The number of aromatic nitrogens is 2. The average Bonchev–Trinajstić information content (AvgIpc) is 3.34. The molecule has 210 valence electrons. The van der Waals surface area contributed by atoms with E-state index in [-0.39, 0.29) is 35.2 Å². The summed E-state index contributed by atoms with van der Waals surface area (Å²) >= 11 is 0. The lowest BCUT2D eigenvalue weighted by atomic mass is 10.0. The van der Waals surface area contributed by atoms with Gasteiger partial charge < -0.3 is 20.4 Å². The number of unbranched alkanes of at least 4 members (excludes halogenated alkanes) is 1. The number of alkyl halides is 1. The molecule has 1 aromatic carbocycles. The van der Waals surface area contributed by atoms with Crippen molar-refractivity contribution in [1.82, 2.24) is 9.97 Å². The number of halogens is 2. The topological polar surface area (TPSA) is 84.2 Å². The van der Waals surface area contributed by atoms with Crippen LogP contribution in [0.2, 0.25) is 0 Å². The molecule has 0 spiro atoms. The van der Waals surface area contributed by atoms with E-state index in [9.17, 15) is 13.6 Å². The third-order valence-electron chi connectivity index (χ3n) is 7.14. The maximum atomic E-state index is 14.2. The number of nitrogens with two attached hydrogens (primary N) is 1. The molecule has 1 atom stereocenters. The minimum atomic E-state index is -1.57. The van der Waals surface area contributed by atoms with Gasteiger partial charge in [0.15, 0.2) is 17.8 Å². The summed E-state index contributed by atoms with van der Waals surface area (Å²) in [6.45, 7) is 12.5. The molecule has 1 unspecified atom stereocenters. The molecule has 2 aromatic heterocycles. The van der Waals surface area contributed by atoms with Crippen molar-refractivity contribution in [2.45, 2.75) is 59.5 Å². The third-order valence-corrected chi connectivity index (χ3v) is 7.14. The highest BCUT2D eigenvalue weighted by Crippen LogP contribution is 2.31. The fraction of sp³-hybridized carbons (Fsp3) is 0.312. The number of allylic oxidation sites excluding steroid dienone is 6. The summed E-state index contributed by atoms with van der Waals surface area (Å²) in [7, 11) is 0. The number of H-pyrrole nitrogens is 1. The van der Waals surface area contributed by atoms with Crippen LogP contribution in [0.5, 0.6) is 5.88 Å². The molecule has 0 amide bonds. The van der Waals surface area contributed by atoms with Crippen LogP contribution in [0.4, 0.5) is 14.5 Å². The van der Waals surface area contributed by atoms with Crippen LogP contribution in [-0.4, -0.2) is 28.5 Å². The second kappa shape index (κ2) is 12.3. The number of nitrogens with one attached hydrogen (secondary N) is 1. The summed E-state index contributed by atoms with van der Waals surface area (Å²) in [4.78, 5) is 23.1. The Labute approximate surface area is 233 Å². The minimum absolute atomic E-state index is 0.0417. The molecule has 40 heavy (non-hydrogen) atoms. The van der Waals surface area contributed by atoms with Gasteiger partial charge in [-0.3, -0.25) is 4.79 Å². The normalized spacial score (nSPS) is 15.8. The number of benzene rings is 1. The molecule has 0 saturated carbocycles. The summed E-state index contributed by atoms with van der Waals surface area (Å²) < 4.78 is 33.8. The lowest BCUT2D eigenvalue weighted by molar-refractivity contribution is 0.103. The van der Waals surface area contributed by atoms with E-state index in [0.29, 0.717) is 17.9 Å². The fourth-order valence-corrected chi connectivity index (χ4v) is 4.85. The largest absolute Gasteiger partial charge is 0.437 e. The van der Waals surface area contributed by atoms with E-state index in [4.69, 9.17) is 10.5 Å². The molecule has 0 fully saturated rings. The number of pyridine rings is 1. The molecule has 0 bridgehead atoms. The van der Waals surface area contributed by atoms with E-state index in [1.165, 1.54) is 29.4 Å². The second-order valence-corrected chi connectivity index (χ2v) is 9.97. The number of fused-ring (bicyclic) bond motifs is 1. The Morgan fingerprint density at radius 3 is 2.67 bits per heavy atom. The van der Waals surface area contributed by atoms with Gasteiger partial charge in [-0.1, -0.05) is 39.0 Å². The minimum Gasteiger partial charge on any atom is -0.437 e. The zero-order valence-electron chi connectivity index (χ0n) is 23.5. The van der Waals surface area contributed by atoms with E-state index < -0.39 is 12.0 Å². The SMILES string of the molecule is C=C/C(C(=O)c1cc2cc(C)c(CC)cc2[nH]1)=C(/N)N(CCCC)c1cnc(OC2=C(F)C=CCC2F)cc1C. The van der Waals surface area contributed by atoms with Gasteiger partial charge in [0.2, 0.25) is 11.7 Å². The van der Waals surface area contributed by atoms with Gasteiger partial charge >= 0.3 is 0 Å². The van der Waals surface area contributed by atoms with Crippen LogP contribution in [0.1, 0.15) is 60.3 Å². The van der Waals surface area contributed by atoms with Crippen LogP contribution < -0.4 is 15.4 Å². The Morgan fingerprint density at radius 1 is 1.25 bits per heavy atom. The monoisotopic (exact) mass is 546 g/mol. The van der Waals surface area contributed by atoms with Crippen LogP contribution in [0.25, 0.3) is 10.9 Å². The number of carbonyl (C=O) groups is 1. The molecule has 1 aliphatic rings. The van der Waals surface area contributed by atoms with Gasteiger partial charge in [-0.15, -0.1) is 0 Å². The van der Waals surface area contributed by atoms with Gasteiger partial charge in [0.05, 0.1) is 23.2 Å². The van der Waals surface area contributed by atoms with Crippen molar-refractivity contribution in [3.8, 4) is 5.88 Å². The lowest BCUT2D eigenvalue weighted by Crippen LogP contribution is -2.32. The number of ketones is 1. The zero-order chi connectivity index (χ0) is 29.0. The van der Waals surface area contributed by atoms with Crippen LogP contribution in [0.15, 0.2) is 78.2 Å². The molecule has 3 N–H and O–H groups in total. The first-order chi connectivity index (χ1) is 19.2. The van der Waals surface area contributed by atoms with E-state index in [2.05, 4.69) is 49.5 Å². The second-order valence-electron chi connectivity index (χ2n) is 9.97. The number of hydrogen-bond acceptors (Lipinski definition) is 5. The van der Waals surface area contributed by atoms with Crippen LogP contribution in [0, 0.1) is 13.8 Å². The van der Waals surface area contributed by atoms with Gasteiger partial charge in [-0.25, -0.2) is 13.8 Å². The van der Waals surface area contributed by atoms with Crippen molar-refractivity contribution in [1.29, 1.82) is 0 Å². The Kier molecular flexibility index (Phi) is 8.87. The van der Waals surface area contributed by atoms with Gasteiger partial charge in [-0.05, 0) is 67.7 Å². The first kappa shape index (κ1) is 28.8. The number of anilines is 1. The van der Waals surface area contributed by atoms with Crippen molar-refractivity contribution in [2.75, 3.05) is 11.4 Å². The first-order valence-corrected chi connectivity index (χ1v) is 13.6. The molecular formula is C32H36F2N4O2. The molecular weight excluding hydrogens is 510 g/mol. The fourth-order valence-electron chi connectivity index (χ4n) is 4.85. The van der Waals surface area contributed by atoms with Crippen molar-refractivity contribution in [3.63, 3.8) is 0 Å². The number of aryl methyl sites for hydroxylation is 3. The van der Waals surface area contributed by atoms with Gasteiger partial charge in [0.25, 0.3) is 0 Å². The predicted molar refractivity (Wildman–Crippen MR) is 157 cm³/mol. The number of hydrogen-bond donors (Lipinski definition) is 2. The van der Waals surface area contributed by atoms with Crippen LogP contribution in [0.3, 0.4) is 0 Å². The van der Waals surface area contributed by atoms with Crippen LogP contribution >= 0.6 is 0 Å². The number of nitrogens with zero attached hydrogens (tertiary/aromatic N) is 2. The average molecular weight is 547 g/mol. The first-order valence-electron chi connectivity index (χ1n) is 13.6. The molecule has 1 aliphatic carbocycles. The van der Waals surface area contributed by atoms with Crippen molar-refractivity contribution in [3.05, 3.63) is 101 Å². The van der Waals surface area contributed by atoms with Crippen LogP contribution in [-0.2, 0) is 6.42 Å². The predicted octanol–water partition coefficient (Wildman–Crippen LogP) is 7.45. The molecule has 6 nitrogen and oxygen atoms in total. The van der Waals surface area contributed by atoms with E-state index in [1.807, 2.05) is 17.9 Å². The highest BCUT2D eigenvalue weighted by Gasteiger charge is 2.25. The van der Waals surface area contributed by atoms with Crippen molar-refractivity contribution >= 4 is 22.4 Å². The lowest BCUT2D eigenvalue weighted by Gasteiger charge is -2.28. The highest BCUT2D eigenvalue weighted by atomic mass is 19.1. The number of carbonyl (C=O) groups excluding carboxylic acids is 1. The molecule has 8 heteroatoms. The molecule has 0 radical (unpaired) electrons. The summed E-state index contributed by atoms with van der Waals surface area (Å²) in [5.74, 6) is -1.10. The molecule has 0 aliphatic heterocycles. The van der Waals surface area contributed by atoms with Crippen molar-refractivity contribution < 1.29 is 18.3 Å². The number of Topliss-reactive ketones (excluding diaryl/α,β-unsaturated/α-hetero) is 1. The third kappa shape index (κ3) is 5.86. The summed E-state index contributed by atoms with van der Waals surface area (Å²) in [6.07, 6.45) is 6.69. The Bertz CT molecular complexity index is 1530. The molecule has 4 rings (SSSR count). The zero-order valence-corrected chi connectivity index (χ0v) is 23.5. The quantitative estimate of drug-likeness (QED) is 0.148. The Morgan fingerprint density at radius 2 is 2.02 bits per heavy atom. The van der Waals surface area contributed by atoms with Gasteiger partial charge in [-0.2, -0.15) is 0 Å². The maximum absolute atomic E-state index is 14.2.